The van der Waals surface area contributed by atoms with E-state index >= 15 is 0 Å². The summed E-state index contributed by atoms with van der Waals surface area (Å²) in [5, 5.41) is 2.14. The minimum Gasteiger partial charge on any atom is -0.497 e. The molecule has 112 valence electrons. The molecule has 0 atom stereocenters. The van der Waals surface area contributed by atoms with Gasteiger partial charge in [-0.15, -0.1) is 11.3 Å². The fourth-order valence-electron chi connectivity index (χ4n) is 2.12. The first-order valence-corrected chi connectivity index (χ1v) is 8.75. The Hall–Kier alpha value is -1.24. The zero-order chi connectivity index (χ0) is 14.5. The maximum absolute atomic E-state index is 5.37. The number of thioether (sulfide) groups is 1. The van der Waals surface area contributed by atoms with E-state index in [-0.39, 0.29) is 0 Å². The molecule has 1 aromatic heterocycles. The molecule has 1 fully saturated rings. The second-order valence-corrected chi connectivity index (χ2v) is 6.79. The molecule has 0 N–H and O–H groups in total. The van der Waals surface area contributed by atoms with Crippen LogP contribution in [0.3, 0.4) is 0 Å². The molecule has 0 spiro atoms. The van der Waals surface area contributed by atoms with Gasteiger partial charge in [-0.3, -0.25) is 0 Å². The van der Waals surface area contributed by atoms with E-state index in [1.54, 1.807) is 30.2 Å². The van der Waals surface area contributed by atoms with E-state index in [1.165, 1.54) is 5.56 Å². The third-order valence-corrected chi connectivity index (χ3v) is 5.41. The summed E-state index contributed by atoms with van der Waals surface area (Å²) in [5.74, 6) is 2.91. The zero-order valence-corrected chi connectivity index (χ0v) is 13.6. The third kappa shape index (κ3) is 3.90. The summed E-state index contributed by atoms with van der Waals surface area (Å²) in [7, 11) is 1.69. The lowest BCUT2D eigenvalue weighted by atomic mass is 10.2. The van der Waals surface area contributed by atoms with Gasteiger partial charge in [0.15, 0.2) is 4.34 Å². The lowest BCUT2D eigenvalue weighted by Crippen LogP contribution is -2.36. The van der Waals surface area contributed by atoms with Crippen LogP contribution in [-0.4, -0.2) is 38.4 Å². The molecular formula is C15H18N2O2S2. The Morgan fingerprint density at radius 1 is 1.29 bits per heavy atom. The van der Waals surface area contributed by atoms with Crippen molar-refractivity contribution in [2.45, 2.75) is 10.1 Å². The molecule has 0 saturated carbocycles. The topological polar surface area (TPSA) is 34.6 Å². The number of morpholine rings is 1. The van der Waals surface area contributed by atoms with Gasteiger partial charge in [-0.25, -0.2) is 4.98 Å². The van der Waals surface area contributed by atoms with Crippen molar-refractivity contribution >= 4 is 28.9 Å². The van der Waals surface area contributed by atoms with Crippen LogP contribution in [0.5, 0.6) is 5.75 Å². The van der Waals surface area contributed by atoms with Gasteiger partial charge in [0.1, 0.15) is 11.6 Å². The first-order valence-electron chi connectivity index (χ1n) is 6.89. The number of thiazole rings is 1. The number of anilines is 1. The number of ether oxygens (including phenoxy) is 2. The maximum atomic E-state index is 5.37. The molecule has 0 amide bonds. The summed E-state index contributed by atoms with van der Waals surface area (Å²) in [5.41, 5.74) is 1.28. The van der Waals surface area contributed by atoms with Gasteiger partial charge in [0.25, 0.3) is 0 Å². The van der Waals surface area contributed by atoms with Gasteiger partial charge in [0.05, 0.1) is 20.3 Å². The summed E-state index contributed by atoms with van der Waals surface area (Å²) >= 11 is 3.50. The van der Waals surface area contributed by atoms with Crippen LogP contribution in [0.15, 0.2) is 34.0 Å². The van der Waals surface area contributed by atoms with E-state index < -0.39 is 0 Å². The molecule has 2 heterocycles. The molecule has 2 aromatic rings. The number of nitrogens with zero attached hydrogens (tertiary/aromatic N) is 2. The number of rotatable bonds is 5. The van der Waals surface area contributed by atoms with E-state index in [4.69, 9.17) is 14.5 Å². The van der Waals surface area contributed by atoms with Crippen molar-refractivity contribution in [3.05, 3.63) is 35.2 Å². The highest BCUT2D eigenvalue weighted by molar-refractivity contribution is 8.00. The summed E-state index contributed by atoms with van der Waals surface area (Å²) in [4.78, 5) is 7.00. The molecule has 0 bridgehead atoms. The molecule has 21 heavy (non-hydrogen) atoms. The minimum absolute atomic E-state index is 0.797. The van der Waals surface area contributed by atoms with Crippen molar-refractivity contribution in [1.82, 2.24) is 4.98 Å². The van der Waals surface area contributed by atoms with Gasteiger partial charge in [0, 0.05) is 24.2 Å². The number of aromatic nitrogens is 1. The van der Waals surface area contributed by atoms with Crippen molar-refractivity contribution in [3.63, 3.8) is 0 Å². The zero-order valence-electron chi connectivity index (χ0n) is 11.9. The van der Waals surface area contributed by atoms with E-state index in [0.717, 1.165) is 48.0 Å². The first kappa shape index (κ1) is 14.7. The number of benzene rings is 1. The average molecular weight is 322 g/mol. The van der Waals surface area contributed by atoms with Gasteiger partial charge in [0.2, 0.25) is 0 Å². The molecule has 0 radical (unpaired) electrons. The van der Waals surface area contributed by atoms with Gasteiger partial charge in [-0.1, -0.05) is 23.9 Å². The molecule has 3 rings (SSSR count). The summed E-state index contributed by atoms with van der Waals surface area (Å²) in [6, 6.07) is 8.19. The molecule has 6 heteroatoms. The predicted molar refractivity (Wildman–Crippen MR) is 87.7 cm³/mol. The monoisotopic (exact) mass is 322 g/mol. The fourth-order valence-corrected chi connectivity index (χ4v) is 3.91. The highest BCUT2D eigenvalue weighted by Gasteiger charge is 2.14. The largest absolute Gasteiger partial charge is 0.497 e. The second-order valence-electron chi connectivity index (χ2n) is 4.71. The van der Waals surface area contributed by atoms with Crippen LogP contribution in [0.2, 0.25) is 0 Å². The van der Waals surface area contributed by atoms with E-state index in [1.807, 2.05) is 12.1 Å². The number of hydrogen-bond acceptors (Lipinski definition) is 6. The Kier molecular flexibility index (Phi) is 5.00. The van der Waals surface area contributed by atoms with Crippen LogP contribution in [0, 0.1) is 0 Å². The highest BCUT2D eigenvalue weighted by atomic mass is 32.2. The Bertz CT molecular complexity index is 565. The third-order valence-electron chi connectivity index (χ3n) is 3.33. The predicted octanol–water partition coefficient (Wildman–Crippen LogP) is 3.28. The van der Waals surface area contributed by atoms with Crippen molar-refractivity contribution < 1.29 is 9.47 Å². The lowest BCUT2D eigenvalue weighted by molar-refractivity contribution is 0.122. The highest BCUT2D eigenvalue weighted by Crippen LogP contribution is 2.30. The molecule has 1 aliphatic rings. The second kappa shape index (κ2) is 7.15. The molecule has 1 saturated heterocycles. The summed E-state index contributed by atoms with van der Waals surface area (Å²) < 4.78 is 11.7. The number of hydrogen-bond donors (Lipinski definition) is 0. The van der Waals surface area contributed by atoms with Gasteiger partial charge in [-0.05, 0) is 17.7 Å². The number of methoxy groups -OCH3 is 1. The quantitative estimate of drug-likeness (QED) is 0.789. The molecular weight excluding hydrogens is 304 g/mol. The van der Waals surface area contributed by atoms with Crippen molar-refractivity contribution in [1.29, 1.82) is 0 Å². The molecule has 0 aliphatic carbocycles. The Labute approximate surface area is 133 Å². The van der Waals surface area contributed by atoms with Crippen molar-refractivity contribution in [3.8, 4) is 5.75 Å². The summed E-state index contributed by atoms with van der Waals surface area (Å²) in [6.07, 6.45) is 0. The van der Waals surface area contributed by atoms with Crippen LogP contribution >= 0.6 is 23.1 Å². The Morgan fingerprint density at radius 2 is 2.05 bits per heavy atom. The van der Waals surface area contributed by atoms with Crippen molar-refractivity contribution in [2.75, 3.05) is 38.3 Å². The SMILES string of the molecule is COc1ccc(CSc2nc(N3CCOCC3)cs2)cc1. The summed E-state index contributed by atoms with van der Waals surface area (Å²) in [6.45, 7) is 3.47. The van der Waals surface area contributed by atoms with Crippen LogP contribution in [0.25, 0.3) is 0 Å². The van der Waals surface area contributed by atoms with E-state index in [0.29, 0.717) is 0 Å². The van der Waals surface area contributed by atoms with Crippen molar-refractivity contribution in [2.24, 2.45) is 0 Å². The van der Waals surface area contributed by atoms with Gasteiger partial charge < -0.3 is 14.4 Å². The van der Waals surface area contributed by atoms with E-state index in [2.05, 4.69) is 22.4 Å². The normalized spacial score (nSPS) is 15.2. The smallest absolute Gasteiger partial charge is 0.152 e. The molecule has 1 aromatic carbocycles. The Morgan fingerprint density at radius 3 is 2.76 bits per heavy atom. The molecule has 4 nitrogen and oxygen atoms in total. The van der Waals surface area contributed by atoms with Crippen LogP contribution in [-0.2, 0) is 10.5 Å². The van der Waals surface area contributed by atoms with Gasteiger partial charge in [-0.2, -0.15) is 0 Å². The minimum atomic E-state index is 0.797. The molecule has 1 aliphatic heterocycles. The standard InChI is InChI=1S/C15H18N2O2S2/c1-18-13-4-2-12(3-5-13)10-20-15-16-14(11-21-15)17-6-8-19-9-7-17/h2-5,11H,6-10H2,1H3. The maximum Gasteiger partial charge on any atom is 0.152 e. The van der Waals surface area contributed by atoms with Crippen LogP contribution in [0.1, 0.15) is 5.56 Å². The fraction of sp³-hybridized carbons (Fsp3) is 0.400. The van der Waals surface area contributed by atoms with Gasteiger partial charge >= 0.3 is 0 Å². The van der Waals surface area contributed by atoms with Crippen LogP contribution < -0.4 is 9.64 Å². The molecule has 0 unspecified atom stereocenters. The average Bonchev–Trinajstić information content (AvgIpc) is 3.03. The Balaban J connectivity index is 1.56. The van der Waals surface area contributed by atoms with Crippen LogP contribution in [0.4, 0.5) is 5.82 Å². The van der Waals surface area contributed by atoms with E-state index in [9.17, 15) is 0 Å². The first-order chi connectivity index (χ1) is 10.3. The lowest BCUT2D eigenvalue weighted by Gasteiger charge is -2.26.